The van der Waals surface area contributed by atoms with E-state index in [2.05, 4.69) is 20.6 Å². The molecule has 4 aromatic rings. The lowest BCUT2D eigenvalue weighted by molar-refractivity contribution is -0.0475. The summed E-state index contributed by atoms with van der Waals surface area (Å²) in [6.45, 7) is 0.934. The molecule has 0 unspecified atom stereocenters. The van der Waals surface area contributed by atoms with Crippen LogP contribution in [0.3, 0.4) is 0 Å². The summed E-state index contributed by atoms with van der Waals surface area (Å²) in [5.74, 6) is -1.91. The summed E-state index contributed by atoms with van der Waals surface area (Å²) < 4.78 is 30.7. The molecule has 0 aliphatic heterocycles. The number of alkyl halides is 2. The number of carbonyl (C=O) groups excluding carboxylic acids is 1. The zero-order valence-corrected chi connectivity index (χ0v) is 17.5. The molecule has 0 saturated heterocycles. The van der Waals surface area contributed by atoms with E-state index in [1.54, 1.807) is 4.68 Å². The van der Waals surface area contributed by atoms with Crippen LogP contribution in [0.4, 0.5) is 8.78 Å². The molecule has 166 valence electrons. The number of fused-ring (bicyclic) bond motifs is 2. The highest BCUT2D eigenvalue weighted by atomic mass is 19.3. The van der Waals surface area contributed by atoms with E-state index in [0.717, 1.165) is 22.4 Å². The van der Waals surface area contributed by atoms with Crippen molar-refractivity contribution in [1.29, 1.82) is 0 Å². The van der Waals surface area contributed by atoms with Gasteiger partial charge in [0.2, 0.25) is 5.92 Å². The third-order valence-corrected chi connectivity index (χ3v) is 6.16. The van der Waals surface area contributed by atoms with Crippen LogP contribution >= 0.6 is 0 Å². The summed E-state index contributed by atoms with van der Waals surface area (Å²) in [4.78, 5) is 12.9. The number of rotatable bonds is 6. The van der Waals surface area contributed by atoms with Crippen LogP contribution in [-0.2, 0) is 13.0 Å². The summed E-state index contributed by atoms with van der Waals surface area (Å²) in [7, 11) is 0. The van der Waals surface area contributed by atoms with Crippen LogP contribution in [0.1, 0.15) is 42.0 Å². The number of aromatic nitrogens is 5. The molecule has 1 aliphatic rings. The number of hydrogen-bond donors (Lipinski definition) is 1. The van der Waals surface area contributed by atoms with Crippen LogP contribution in [-0.4, -0.2) is 42.8 Å². The number of carbonyl (C=O) groups is 1. The molecule has 5 rings (SSSR count). The number of halogens is 2. The fourth-order valence-electron chi connectivity index (χ4n) is 4.39. The highest BCUT2D eigenvalue weighted by Gasteiger charge is 2.35. The second-order valence-electron chi connectivity index (χ2n) is 8.40. The second-order valence-corrected chi connectivity index (χ2v) is 8.40. The minimum absolute atomic E-state index is 0.0818. The summed E-state index contributed by atoms with van der Waals surface area (Å²) in [6, 6.07) is 13.2. The van der Waals surface area contributed by atoms with Crippen LogP contribution in [0.2, 0.25) is 0 Å². The van der Waals surface area contributed by atoms with Gasteiger partial charge in [0, 0.05) is 43.9 Å². The van der Waals surface area contributed by atoms with Crippen molar-refractivity contribution in [1.82, 2.24) is 29.7 Å². The van der Waals surface area contributed by atoms with Crippen molar-refractivity contribution in [2.45, 2.75) is 44.6 Å². The number of nitrogens with one attached hydrogen (secondary N) is 1. The van der Waals surface area contributed by atoms with Crippen molar-refractivity contribution in [3.05, 3.63) is 60.2 Å². The average molecular weight is 438 g/mol. The first-order valence-electron chi connectivity index (χ1n) is 10.9. The Morgan fingerprint density at radius 1 is 1.09 bits per heavy atom. The van der Waals surface area contributed by atoms with E-state index in [1.807, 2.05) is 53.1 Å². The van der Waals surface area contributed by atoms with E-state index in [-0.39, 0.29) is 24.7 Å². The fraction of sp³-hybridized carbons (Fsp3) is 0.391. The van der Waals surface area contributed by atoms with E-state index in [0.29, 0.717) is 38.0 Å². The number of nitrogens with zero attached hydrogens (tertiary/aromatic N) is 5. The molecule has 0 bridgehead atoms. The molecule has 0 atom stereocenters. The lowest BCUT2D eigenvalue weighted by Gasteiger charge is -2.28. The average Bonchev–Trinajstić information content (AvgIpc) is 3.37. The fourth-order valence-corrected chi connectivity index (χ4v) is 4.39. The van der Waals surface area contributed by atoms with Gasteiger partial charge in [0.25, 0.3) is 5.91 Å². The number of benzene rings is 1. The number of pyridine rings is 1. The molecule has 1 aromatic carbocycles. The number of hydrogen-bond acceptors (Lipinski definition) is 4. The van der Waals surface area contributed by atoms with E-state index in [1.165, 1.54) is 0 Å². The van der Waals surface area contributed by atoms with E-state index >= 15 is 0 Å². The Hall–Kier alpha value is -3.36. The van der Waals surface area contributed by atoms with Gasteiger partial charge in [-0.2, -0.15) is 5.10 Å². The number of amides is 1. The van der Waals surface area contributed by atoms with Gasteiger partial charge in [-0.1, -0.05) is 24.3 Å². The summed E-state index contributed by atoms with van der Waals surface area (Å²) in [5, 5.41) is 16.6. The van der Waals surface area contributed by atoms with Gasteiger partial charge >= 0.3 is 0 Å². The highest BCUT2D eigenvalue weighted by Crippen LogP contribution is 2.37. The largest absolute Gasteiger partial charge is 0.350 e. The molecule has 3 aromatic heterocycles. The van der Waals surface area contributed by atoms with Gasteiger partial charge in [0.1, 0.15) is 5.82 Å². The first kappa shape index (κ1) is 20.5. The molecule has 7 nitrogen and oxygen atoms in total. The van der Waals surface area contributed by atoms with Crippen LogP contribution in [0.5, 0.6) is 0 Å². The highest BCUT2D eigenvalue weighted by molar-refractivity contribution is 6.04. The molecule has 1 amide bonds. The zero-order chi connectivity index (χ0) is 22.1. The van der Waals surface area contributed by atoms with Crippen LogP contribution < -0.4 is 5.32 Å². The second kappa shape index (κ2) is 8.29. The first-order valence-corrected chi connectivity index (χ1v) is 10.9. The van der Waals surface area contributed by atoms with Gasteiger partial charge in [0.15, 0.2) is 11.3 Å². The van der Waals surface area contributed by atoms with Gasteiger partial charge in [-0.15, -0.1) is 10.2 Å². The third kappa shape index (κ3) is 4.06. The Labute approximate surface area is 183 Å². The Morgan fingerprint density at radius 2 is 1.88 bits per heavy atom. The molecule has 1 saturated carbocycles. The van der Waals surface area contributed by atoms with E-state index in [4.69, 9.17) is 0 Å². The molecule has 0 radical (unpaired) electrons. The lowest BCUT2D eigenvalue weighted by atomic mass is 9.87. The topological polar surface area (TPSA) is 77.1 Å². The van der Waals surface area contributed by atoms with Gasteiger partial charge < -0.3 is 5.32 Å². The molecular formula is C23H24F2N6O. The maximum absolute atomic E-state index is 13.5. The van der Waals surface area contributed by atoms with Crippen molar-refractivity contribution in [3.8, 4) is 0 Å². The Bertz CT molecular complexity index is 1250. The maximum atomic E-state index is 13.5. The normalized spacial score (nSPS) is 16.6. The standard InChI is InChI=1S/C23H24F2N6O/c24-23(25)11-8-16(9-12-23)15-31-18-6-2-1-5-17(18)21(29-31)22(32)26-13-10-20-28-27-19-7-3-4-14-30(19)20/h1-7,14,16H,8-13,15H2,(H,26,32). The minimum atomic E-state index is -2.55. The molecule has 1 N–H and O–H groups in total. The predicted octanol–water partition coefficient (Wildman–Crippen LogP) is 3.88. The molecule has 0 spiro atoms. The summed E-state index contributed by atoms with van der Waals surface area (Å²) >= 11 is 0. The molecule has 1 fully saturated rings. The Balaban J connectivity index is 1.29. The van der Waals surface area contributed by atoms with Crippen molar-refractivity contribution in [2.24, 2.45) is 5.92 Å². The molecular weight excluding hydrogens is 414 g/mol. The molecule has 3 heterocycles. The summed E-state index contributed by atoms with van der Waals surface area (Å²) in [6.07, 6.45) is 3.20. The van der Waals surface area contributed by atoms with Gasteiger partial charge in [-0.25, -0.2) is 8.78 Å². The quantitative estimate of drug-likeness (QED) is 0.496. The van der Waals surface area contributed by atoms with Gasteiger partial charge in [-0.05, 0) is 37.0 Å². The zero-order valence-electron chi connectivity index (χ0n) is 17.5. The van der Waals surface area contributed by atoms with Crippen molar-refractivity contribution in [2.75, 3.05) is 6.54 Å². The monoisotopic (exact) mass is 438 g/mol. The van der Waals surface area contributed by atoms with Crippen molar-refractivity contribution in [3.63, 3.8) is 0 Å². The SMILES string of the molecule is O=C(NCCc1nnc2ccccn12)c1nn(CC2CCC(F)(F)CC2)c2ccccc12. The number of para-hydroxylation sites is 1. The lowest BCUT2D eigenvalue weighted by Crippen LogP contribution is -2.28. The van der Waals surface area contributed by atoms with E-state index in [9.17, 15) is 13.6 Å². The Kier molecular flexibility index (Phi) is 5.32. The maximum Gasteiger partial charge on any atom is 0.272 e. The van der Waals surface area contributed by atoms with Crippen LogP contribution in [0, 0.1) is 5.92 Å². The molecule has 32 heavy (non-hydrogen) atoms. The summed E-state index contributed by atoms with van der Waals surface area (Å²) in [5.41, 5.74) is 1.96. The van der Waals surface area contributed by atoms with Crippen molar-refractivity contribution < 1.29 is 13.6 Å². The Morgan fingerprint density at radius 3 is 2.72 bits per heavy atom. The minimum Gasteiger partial charge on any atom is -0.350 e. The van der Waals surface area contributed by atoms with Gasteiger partial charge in [-0.3, -0.25) is 13.9 Å². The predicted molar refractivity (Wildman–Crippen MR) is 116 cm³/mol. The molecule has 1 aliphatic carbocycles. The van der Waals surface area contributed by atoms with Gasteiger partial charge in [0.05, 0.1) is 5.52 Å². The van der Waals surface area contributed by atoms with Crippen molar-refractivity contribution >= 4 is 22.5 Å². The smallest absolute Gasteiger partial charge is 0.272 e. The van der Waals surface area contributed by atoms with Crippen LogP contribution in [0.15, 0.2) is 48.7 Å². The first-order chi connectivity index (χ1) is 15.5. The third-order valence-electron chi connectivity index (χ3n) is 6.16. The molecule has 9 heteroatoms. The van der Waals surface area contributed by atoms with E-state index < -0.39 is 5.92 Å². The van der Waals surface area contributed by atoms with Crippen LogP contribution in [0.25, 0.3) is 16.6 Å².